The molecule has 0 saturated carbocycles. The second kappa shape index (κ2) is 7.63. The van der Waals surface area contributed by atoms with Crippen LogP contribution in [0.15, 0.2) is 0 Å². The Labute approximate surface area is 103 Å². The lowest BCUT2D eigenvalue weighted by Gasteiger charge is -2.22. The maximum Gasteiger partial charge on any atom is 0.443 e. The molecule has 1 unspecified atom stereocenters. The van der Waals surface area contributed by atoms with Gasteiger partial charge in [-0.1, -0.05) is 11.1 Å². The van der Waals surface area contributed by atoms with E-state index in [-0.39, 0.29) is 0 Å². The molecule has 1 fully saturated rings. The molecular formula is C10H21ClO4Si. The minimum absolute atomic E-state index is 0.330. The first-order valence-corrected chi connectivity index (χ1v) is 8.90. The Bertz CT molecular complexity index is 184. The van der Waals surface area contributed by atoms with Gasteiger partial charge in [0.1, 0.15) is 6.10 Å². The predicted molar refractivity (Wildman–Crippen MR) is 64.8 cm³/mol. The van der Waals surface area contributed by atoms with E-state index >= 15 is 0 Å². The van der Waals surface area contributed by atoms with Crippen molar-refractivity contribution in [3.05, 3.63) is 0 Å². The van der Waals surface area contributed by atoms with Crippen molar-refractivity contribution in [3.8, 4) is 0 Å². The lowest BCUT2D eigenvalue weighted by atomic mass is 10.5. The molecule has 1 aliphatic heterocycles. The number of rotatable bonds is 10. The molecule has 1 saturated heterocycles. The maximum atomic E-state index is 6.31. The summed E-state index contributed by atoms with van der Waals surface area (Å²) in [7, 11) is -2.45. The standard InChI is InChI=1S/C10H21ClO4Si/c1-3-14-16(11,15-4-2)7-5-6-12-8-10-9-13-10/h10H,3-9H2,1-2H3. The second-order valence-electron chi connectivity index (χ2n) is 3.66. The quantitative estimate of drug-likeness (QED) is 0.263. The van der Waals surface area contributed by atoms with Gasteiger partial charge in [0.15, 0.2) is 0 Å². The topological polar surface area (TPSA) is 40.2 Å². The van der Waals surface area contributed by atoms with E-state index in [0.29, 0.717) is 32.5 Å². The van der Waals surface area contributed by atoms with Gasteiger partial charge in [-0.2, -0.15) is 0 Å². The van der Waals surface area contributed by atoms with E-state index in [9.17, 15) is 0 Å². The Balaban J connectivity index is 2.05. The van der Waals surface area contributed by atoms with Crippen molar-refractivity contribution < 1.29 is 18.3 Å². The molecule has 96 valence electrons. The van der Waals surface area contributed by atoms with Crippen LogP contribution in [0.3, 0.4) is 0 Å². The van der Waals surface area contributed by atoms with E-state index in [2.05, 4.69) is 0 Å². The van der Waals surface area contributed by atoms with Crippen LogP contribution in [0.25, 0.3) is 0 Å². The summed E-state index contributed by atoms with van der Waals surface area (Å²) in [5.74, 6) is 0. The molecular weight excluding hydrogens is 248 g/mol. The highest BCUT2D eigenvalue weighted by Gasteiger charge is 2.34. The summed E-state index contributed by atoms with van der Waals surface area (Å²) in [5, 5.41) is 0. The molecule has 0 amide bonds. The van der Waals surface area contributed by atoms with E-state index in [0.717, 1.165) is 19.1 Å². The molecule has 4 nitrogen and oxygen atoms in total. The highest BCUT2D eigenvalue weighted by Crippen LogP contribution is 2.20. The fraction of sp³-hybridized carbons (Fsp3) is 1.00. The Kier molecular flexibility index (Phi) is 6.87. The summed E-state index contributed by atoms with van der Waals surface area (Å²) < 4.78 is 21.5. The molecule has 6 heteroatoms. The monoisotopic (exact) mass is 268 g/mol. The molecule has 16 heavy (non-hydrogen) atoms. The largest absolute Gasteiger partial charge is 0.443 e. The molecule has 1 heterocycles. The summed E-state index contributed by atoms with van der Waals surface area (Å²) >= 11 is 6.31. The Morgan fingerprint density at radius 1 is 1.31 bits per heavy atom. The summed E-state index contributed by atoms with van der Waals surface area (Å²) in [6, 6.07) is 0.766. The first kappa shape index (κ1) is 14.4. The zero-order valence-corrected chi connectivity index (χ0v) is 11.8. The highest BCUT2D eigenvalue weighted by molar-refractivity contribution is 7.12. The van der Waals surface area contributed by atoms with Crippen molar-refractivity contribution >= 4 is 18.9 Å². The van der Waals surface area contributed by atoms with E-state index in [1.807, 2.05) is 13.8 Å². The molecule has 0 spiro atoms. The van der Waals surface area contributed by atoms with Gasteiger partial charge in [0.25, 0.3) is 0 Å². The third-order valence-electron chi connectivity index (χ3n) is 2.19. The van der Waals surface area contributed by atoms with Gasteiger partial charge in [-0.3, -0.25) is 0 Å². The van der Waals surface area contributed by atoms with Crippen LogP contribution in [-0.2, 0) is 18.3 Å². The molecule has 0 N–H and O–H groups in total. The third-order valence-corrected chi connectivity index (χ3v) is 5.80. The SMILES string of the molecule is CCO[Si](Cl)(CCCOCC1CO1)OCC. The second-order valence-corrected chi connectivity index (χ2v) is 7.78. The first-order chi connectivity index (χ1) is 7.70. The molecule has 0 radical (unpaired) electrons. The molecule has 0 aromatic carbocycles. The summed E-state index contributed by atoms with van der Waals surface area (Å²) in [6.45, 7) is 7.31. The first-order valence-electron chi connectivity index (χ1n) is 5.86. The van der Waals surface area contributed by atoms with Gasteiger partial charge in [-0.15, -0.1) is 0 Å². The zero-order chi connectivity index (χ0) is 11.9. The fourth-order valence-electron chi connectivity index (χ4n) is 1.38. The predicted octanol–water partition coefficient (Wildman–Crippen LogP) is 2.04. The molecule has 0 bridgehead atoms. The summed E-state index contributed by atoms with van der Waals surface area (Å²) in [6.07, 6.45) is 1.21. The average Bonchev–Trinajstić information content (AvgIpc) is 3.02. The molecule has 0 aromatic heterocycles. The van der Waals surface area contributed by atoms with E-state index < -0.39 is 7.87 Å². The maximum absolute atomic E-state index is 6.31. The smallest absolute Gasteiger partial charge is 0.383 e. The van der Waals surface area contributed by atoms with Crippen LogP contribution in [0, 0.1) is 0 Å². The van der Waals surface area contributed by atoms with Crippen LogP contribution >= 0.6 is 11.1 Å². The van der Waals surface area contributed by atoms with Gasteiger partial charge in [0.05, 0.1) is 13.2 Å². The van der Waals surface area contributed by atoms with Gasteiger partial charge >= 0.3 is 7.87 Å². The molecule has 1 atom stereocenters. The lowest BCUT2D eigenvalue weighted by Crippen LogP contribution is -2.36. The van der Waals surface area contributed by atoms with Crippen molar-refractivity contribution in [1.29, 1.82) is 0 Å². The van der Waals surface area contributed by atoms with Crippen LogP contribution in [-0.4, -0.2) is 47.0 Å². The fourth-order valence-corrected chi connectivity index (χ4v) is 4.24. The van der Waals surface area contributed by atoms with Crippen molar-refractivity contribution in [1.82, 2.24) is 0 Å². The van der Waals surface area contributed by atoms with Crippen molar-refractivity contribution in [3.63, 3.8) is 0 Å². The average molecular weight is 269 g/mol. The van der Waals surface area contributed by atoms with E-state index in [1.54, 1.807) is 0 Å². The molecule has 0 aliphatic carbocycles. The molecule has 0 aromatic rings. The van der Waals surface area contributed by atoms with Crippen molar-refractivity contribution in [2.75, 3.05) is 33.0 Å². The zero-order valence-electron chi connectivity index (χ0n) is 10.0. The number of hydrogen-bond acceptors (Lipinski definition) is 4. The minimum atomic E-state index is -2.45. The van der Waals surface area contributed by atoms with Crippen LogP contribution < -0.4 is 0 Å². The normalized spacial score (nSPS) is 20.1. The lowest BCUT2D eigenvalue weighted by molar-refractivity contribution is 0.114. The van der Waals surface area contributed by atoms with E-state index in [1.165, 1.54) is 0 Å². The number of hydrogen-bond donors (Lipinski definition) is 0. The van der Waals surface area contributed by atoms with Crippen LogP contribution in [0.1, 0.15) is 20.3 Å². The molecule has 1 rings (SSSR count). The minimum Gasteiger partial charge on any atom is -0.383 e. The number of ether oxygens (including phenoxy) is 2. The number of halogens is 1. The van der Waals surface area contributed by atoms with Crippen LogP contribution in [0.4, 0.5) is 0 Å². The van der Waals surface area contributed by atoms with Gasteiger partial charge in [0, 0.05) is 25.9 Å². The van der Waals surface area contributed by atoms with Crippen LogP contribution in [0.2, 0.25) is 6.04 Å². The van der Waals surface area contributed by atoms with E-state index in [4.69, 9.17) is 29.4 Å². The summed E-state index contributed by atoms with van der Waals surface area (Å²) in [4.78, 5) is 0. The van der Waals surface area contributed by atoms with Gasteiger partial charge in [-0.05, 0) is 20.3 Å². The molecule has 1 aliphatic rings. The van der Waals surface area contributed by atoms with Gasteiger partial charge in [0.2, 0.25) is 0 Å². The van der Waals surface area contributed by atoms with Gasteiger partial charge < -0.3 is 18.3 Å². The Morgan fingerprint density at radius 3 is 2.44 bits per heavy atom. The summed E-state index contributed by atoms with van der Waals surface area (Å²) in [5.41, 5.74) is 0. The number of epoxide rings is 1. The van der Waals surface area contributed by atoms with Crippen molar-refractivity contribution in [2.24, 2.45) is 0 Å². The third kappa shape index (κ3) is 6.17. The Hall–Kier alpha value is 0.347. The van der Waals surface area contributed by atoms with Crippen LogP contribution in [0.5, 0.6) is 0 Å². The van der Waals surface area contributed by atoms with Crippen molar-refractivity contribution in [2.45, 2.75) is 32.4 Å². The highest BCUT2D eigenvalue weighted by atomic mass is 35.6. The van der Waals surface area contributed by atoms with Gasteiger partial charge in [-0.25, -0.2) is 0 Å². The Morgan fingerprint density at radius 2 is 1.94 bits per heavy atom.